The summed E-state index contributed by atoms with van der Waals surface area (Å²) in [5, 5.41) is 2.83. The molecule has 0 radical (unpaired) electrons. The van der Waals surface area contributed by atoms with Crippen molar-refractivity contribution in [2.24, 2.45) is 11.7 Å². The Balaban J connectivity index is 2.44. The molecule has 0 aliphatic heterocycles. The summed E-state index contributed by atoms with van der Waals surface area (Å²) in [7, 11) is 0. The van der Waals surface area contributed by atoms with Gasteiger partial charge in [-0.05, 0) is 49.9 Å². The lowest BCUT2D eigenvalue weighted by Crippen LogP contribution is -2.39. The third-order valence-corrected chi connectivity index (χ3v) is 3.51. The fraction of sp³-hybridized carbons (Fsp3) is 0.500. The summed E-state index contributed by atoms with van der Waals surface area (Å²) in [5.74, 6) is 0.860. The Labute approximate surface area is 119 Å². The molecule has 5 heteroatoms. The number of benzene rings is 1. The molecule has 0 bridgehead atoms. The standard InChI is InChI=1S/C14H22N2O2S/c1-10(8-15)9-16-14(17)11(2)18-12-4-6-13(19-3)7-5-12/h4-7,10-11H,8-9,15H2,1-3H3,(H,16,17). The van der Waals surface area contributed by atoms with Crippen molar-refractivity contribution in [2.75, 3.05) is 19.3 Å². The average Bonchev–Trinajstić information content (AvgIpc) is 2.44. The molecular formula is C14H22N2O2S. The number of nitrogens with two attached hydrogens (primary N) is 1. The third kappa shape index (κ3) is 5.53. The monoisotopic (exact) mass is 282 g/mol. The number of thioether (sulfide) groups is 1. The smallest absolute Gasteiger partial charge is 0.260 e. The number of amides is 1. The number of carbonyl (C=O) groups excluding carboxylic acids is 1. The van der Waals surface area contributed by atoms with Crippen molar-refractivity contribution in [1.82, 2.24) is 5.32 Å². The normalized spacial score (nSPS) is 13.7. The van der Waals surface area contributed by atoms with Crippen molar-refractivity contribution >= 4 is 17.7 Å². The van der Waals surface area contributed by atoms with Crippen molar-refractivity contribution in [3.8, 4) is 5.75 Å². The Morgan fingerprint density at radius 2 is 2.00 bits per heavy atom. The minimum atomic E-state index is -0.509. The molecule has 106 valence electrons. The van der Waals surface area contributed by atoms with Gasteiger partial charge in [0.05, 0.1) is 0 Å². The lowest BCUT2D eigenvalue weighted by Gasteiger charge is -2.16. The van der Waals surface area contributed by atoms with Crippen LogP contribution in [0.4, 0.5) is 0 Å². The number of ether oxygens (including phenoxy) is 1. The Bertz CT molecular complexity index is 395. The van der Waals surface area contributed by atoms with E-state index in [-0.39, 0.29) is 11.8 Å². The van der Waals surface area contributed by atoms with Crippen molar-refractivity contribution in [3.05, 3.63) is 24.3 Å². The second-order valence-electron chi connectivity index (χ2n) is 4.52. The van der Waals surface area contributed by atoms with E-state index in [1.54, 1.807) is 18.7 Å². The van der Waals surface area contributed by atoms with Crippen molar-refractivity contribution < 1.29 is 9.53 Å². The van der Waals surface area contributed by atoms with Crippen LogP contribution in [-0.4, -0.2) is 31.4 Å². The fourth-order valence-corrected chi connectivity index (χ4v) is 1.82. The van der Waals surface area contributed by atoms with Crippen LogP contribution in [0.15, 0.2) is 29.2 Å². The van der Waals surface area contributed by atoms with Gasteiger partial charge in [0.25, 0.3) is 5.91 Å². The minimum Gasteiger partial charge on any atom is -0.481 e. The maximum absolute atomic E-state index is 11.8. The van der Waals surface area contributed by atoms with Crippen LogP contribution in [0.5, 0.6) is 5.75 Å². The fourth-order valence-electron chi connectivity index (χ4n) is 1.41. The number of nitrogens with one attached hydrogen (secondary N) is 1. The molecule has 0 aromatic heterocycles. The van der Waals surface area contributed by atoms with Gasteiger partial charge in [-0.15, -0.1) is 11.8 Å². The van der Waals surface area contributed by atoms with Crippen molar-refractivity contribution in [3.63, 3.8) is 0 Å². The van der Waals surface area contributed by atoms with Gasteiger partial charge in [-0.25, -0.2) is 0 Å². The van der Waals surface area contributed by atoms with Gasteiger partial charge in [-0.2, -0.15) is 0 Å². The van der Waals surface area contributed by atoms with Gasteiger partial charge in [0.15, 0.2) is 6.10 Å². The lowest BCUT2D eigenvalue weighted by atomic mass is 10.2. The summed E-state index contributed by atoms with van der Waals surface area (Å²) in [6.07, 6.45) is 1.51. The lowest BCUT2D eigenvalue weighted by molar-refractivity contribution is -0.127. The van der Waals surface area contributed by atoms with Crippen LogP contribution in [0.25, 0.3) is 0 Å². The molecule has 2 unspecified atom stereocenters. The molecule has 1 aromatic rings. The minimum absolute atomic E-state index is 0.116. The molecule has 0 saturated carbocycles. The quantitative estimate of drug-likeness (QED) is 0.750. The first-order valence-corrected chi connectivity index (χ1v) is 7.57. The Morgan fingerprint density at radius 3 is 2.53 bits per heavy atom. The van der Waals surface area contributed by atoms with Crippen LogP contribution in [0.3, 0.4) is 0 Å². The average molecular weight is 282 g/mol. The van der Waals surface area contributed by atoms with Gasteiger partial charge in [0.1, 0.15) is 5.75 Å². The molecule has 3 N–H and O–H groups in total. The Morgan fingerprint density at radius 1 is 1.37 bits per heavy atom. The van der Waals surface area contributed by atoms with E-state index in [4.69, 9.17) is 10.5 Å². The maximum atomic E-state index is 11.8. The molecule has 0 aliphatic rings. The molecule has 1 amide bonds. The van der Waals surface area contributed by atoms with Gasteiger partial charge >= 0.3 is 0 Å². The highest BCUT2D eigenvalue weighted by Crippen LogP contribution is 2.19. The summed E-state index contributed by atoms with van der Waals surface area (Å²) >= 11 is 1.67. The van der Waals surface area contributed by atoms with Crippen LogP contribution >= 0.6 is 11.8 Å². The highest BCUT2D eigenvalue weighted by Gasteiger charge is 2.14. The second kappa shape index (κ2) is 8.07. The van der Waals surface area contributed by atoms with E-state index in [1.807, 2.05) is 37.4 Å². The SMILES string of the molecule is CSc1ccc(OC(C)C(=O)NCC(C)CN)cc1. The zero-order valence-corrected chi connectivity index (χ0v) is 12.5. The van der Waals surface area contributed by atoms with E-state index < -0.39 is 6.10 Å². The van der Waals surface area contributed by atoms with E-state index >= 15 is 0 Å². The highest BCUT2D eigenvalue weighted by molar-refractivity contribution is 7.98. The van der Waals surface area contributed by atoms with E-state index in [0.29, 0.717) is 18.8 Å². The van der Waals surface area contributed by atoms with Gasteiger partial charge in [-0.1, -0.05) is 6.92 Å². The third-order valence-electron chi connectivity index (χ3n) is 2.77. The summed E-state index contributed by atoms with van der Waals surface area (Å²) in [4.78, 5) is 13.0. The Hall–Kier alpha value is -1.20. The molecule has 0 spiro atoms. The molecule has 19 heavy (non-hydrogen) atoms. The van der Waals surface area contributed by atoms with Gasteiger partial charge in [0.2, 0.25) is 0 Å². The van der Waals surface area contributed by atoms with E-state index in [0.717, 1.165) is 0 Å². The molecular weight excluding hydrogens is 260 g/mol. The predicted octanol–water partition coefficient (Wildman–Crippen LogP) is 1.89. The van der Waals surface area contributed by atoms with Gasteiger partial charge in [-0.3, -0.25) is 4.79 Å². The first kappa shape index (κ1) is 15.9. The second-order valence-corrected chi connectivity index (χ2v) is 5.40. The molecule has 0 heterocycles. The first-order valence-electron chi connectivity index (χ1n) is 6.35. The molecule has 1 rings (SSSR count). The van der Waals surface area contributed by atoms with E-state index in [9.17, 15) is 4.79 Å². The van der Waals surface area contributed by atoms with E-state index in [1.165, 1.54) is 4.90 Å². The molecule has 1 aromatic carbocycles. The highest BCUT2D eigenvalue weighted by atomic mass is 32.2. The largest absolute Gasteiger partial charge is 0.481 e. The molecule has 2 atom stereocenters. The number of hydrogen-bond donors (Lipinski definition) is 2. The van der Waals surface area contributed by atoms with Crippen molar-refractivity contribution in [1.29, 1.82) is 0 Å². The molecule has 4 nitrogen and oxygen atoms in total. The van der Waals surface area contributed by atoms with E-state index in [2.05, 4.69) is 5.32 Å². The predicted molar refractivity (Wildman–Crippen MR) is 79.5 cm³/mol. The summed E-state index contributed by atoms with van der Waals surface area (Å²) in [6, 6.07) is 7.69. The zero-order valence-electron chi connectivity index (χ0n) is 11.7. The number of carbonyl (C=O) groups is 1. The zero-order chi connectivity index (χ0) is 14.3. The summed E-state index contributed by atoms with van der Waals surface area (Å²) in [6.45, 7) is 4.87. The first-order chi connectivity index (χ1) is 9.06. The van der Waals surface area contributed by atoms with Gasteiger partial charge in [0, 0.05) is 11.4 Å². The summed E-state index contributed by atoms with van der Waals surface area (Å²) < 4.78 is 5.59. The van der Waals surface area contributed by atoms with Crippen LogP contribution in [0.2, 0.25) is 0 Å². The maximum Gasteiger partial charge on any atom is 0.260 e. The molecule has 0 saturated heterocycles. The van der Waals surface area contributed by atoms with Gasteiger partial charge < -0.3 is 15.8 Å². The number of hydrogen-bond acceptors (Lipinski definition) is 4. The topological polar surface area (TPSA) is 64.3 Å². The van der Waals surface area contributed by atoms with Crippen LogP contribution in [0.1, 0.15) is 13.8 Å². The van der Waals surface area contributed by atoms with Crippen LogP contribution < -0.4 is 15.8 Å². The van der Waals surface area contributed by atoms with Crippen LogP contribution in [0, 0.1) is 5.92 Å². The molecule has 0 aliphatic carbocycles. The molecule has 0 fully saturated rings. The van der Waals surface area contributed by atoms with Crippen LogP contribution in [-0.2, 0) is 4.79 Å². The Kier molecular flexibility index (Phi) is 6.73. The van der Waals surface area contributed by atoms with Crippen molar-refractivity contribution in [2.45, 2.75) is 24.8 Å². The summed E-state index contributed by atoms with van der Waals surface area (Å²) in [5.41, 5.74) is 5.50. The number of rotatable bonds is 7.